The van der Waals surface area contributed by atoms with Crippen molar-refractivity contribution >= 4 is 17.3 Å². The summed E-state index contributed by atoms with van der Waals surface area (Å²) in [6.07, 6.45) is -1.42. The molecule has 8 heteroatoms. The number of carbonyl (C=O) groups is 1. The van der Waals surface area contributed by atoms with Crippen molar-refractivity contribution in [2.45, 2.75) is 31.7 Å². The number of aliphatic carboxylic acids is 1. The standard InChI is InChI=1S/C13H14F2N2O4/c14-13(15)10-7-9(17(20)21)3-4-11(10)16(8-1-2-8)6-5-12(18)19/h3-4,7-8,13H,1-2,5-6H2,(H,18,19). The van der Waals surface area contributed by atoms with Gasteiger partial charge in [0, 0.05) is 36.0 Å². The lowest BCUT2D eigenvalue weighted by Crippen LogP contribution is -2.29. The van der Waals surface area contributed by atoms with Crippen LogP contribution in [-0.4, -0.2) is 28.6 Å². The second kappa shape index (κ2) is 6.02. The zero-order valence-electron chi connectivity index (χ0n) is 11.0. The zero-order chi connectivity index (χ0) is 15.6. The normalized spacial score (nSPS) is 14.2. The van der Waals surface area contributed by atoms with E-state index >= 15 is 0 Å². The molecule has 6 nitrogen and oxygen atoms in total. The minimum absolute atomic E-state index is 0.0308. The molecule has 1 aliphatic rings. The van der Waals surface area contributed by atoms with Crippen LogP contribution in [0.2, 0.25) is 0 Å². The molecule has 0 spiro atoms. The van der Waals surface area contributed by atoms with Crippen molar-refractivity contribution in [3.05, 3.63) is 33.9 Å². The molecule has 0 saturated heterocycles. The molecule has 0 bridgehead atoms. The summed E-state index contributed by atoms with van der Waals surface area (Å²) in [4.78, 5) is 22.2. The Morgan fingerprint density at radius 2 is 2.14 bits per heavy atom. The Balaban J connectivity index is 2.34. The summed E-state index contributed by atoms with van der Waals surface area (Å²) in [6, 6.07) is 3.33. The Bertz CT molecular complexity index is 561. The molecular weight excluding hydrogens is 286 g/mol. The van der Waals surface area contributed by atoms with Crippen LogP contribution in [0.4, 0.5) is 20.2 Å². The third-order valence-electron chi connectivity index (χ3n) is 3.32. The second-order valence-corrected chi connectivity index (χ2v) is 4.87. The van der Waals surface area contributed by atoms with Gasteiger partial charge in [-0.2, -0.15) is 0 Å². The van der Waals surface area contributed by atoms with Crippen molar-refractivity contribution in [3.63, 3.8) is 0 Å². The first kappa shape index (κ1) is 15.1. The van der Waals surface area contributed by atoms with Crippen molar-refractivity contribution in [2.75, 3.05) is 11.4 Å². The molecule has 0 amide bonds. The number of rotatable bonds is 7. The highest BCUT2D eigenvalue weighted by atomic mass is 19.3. The first-order chi connectivity index (χ1) is 9.90. The van der Waals surface area contributed by atoms with Crippen LogP contribution in [0.25, 0.3) is 0 Å². The Kier molecular flexibility index (Phi) is 4.35. The van der Waals surface area contributed by atoms with Gasteiger partial charge in [-0.3, -0.25) is 14.9 Å². The molecule has 0 unspecified atom stereocenters. The summed E-state index contributed by atoms with van der Waals surface area (Å²) in [5.74, 6) is -1.01. The number of non-ortho nitro benzene ring substituents is 1. The maximum Gasteiger partial charge on any atom is 0.305 e. The van der Waals surface area contributed by atoms with Crippen LogP contribution < -0.4 is 4.90 Å². The highest BCUT2D eigenvalue weighted by Gasteiger charge is 2.32. The van der Waals surface area contributed by atoms with E-state index in [0.29, 0.717) is 0 Å². The summed E-state index contributed by atoms with van der Waals surface area (Å²) in [7, 11) is 0. The number of nitro groups is 1. The van der Waals surface area contributed by atoms with Gasteiger partial charge in [0.15, 0.2) is 0 Å². The largest absolute Gasteiger partial charge is 0.481 e. The number of nitrogens with zero attached hydrogens (tertiary/aromatic N) is 2. The van der Waals surface area contributed by atoms with E-state index in [1.165, 1.54) is 6.07 Å². The Hall–Kier alpha value is -2.25. The molecule has 114 valence electrons. The minimum atomic E-state index is -2.86. The van der Waals surface area contributed by atoms with E-state index in [9.17, 15) is 23.7 Å². The van der Waals surface area contributed by atoms with Gasteiger partial charge in [-0.25, -0.2) is 8.78 Å². The van der Waals surface area contributed by atoms with Gasteiger partial charge < -0.3 is 10.0 Å². The van der Waals surface area contributed by atoms with E-state index in [2.05, 4.69) is 0 Å². The van der Waals surface area contributed by atoms with Crippen LogP contribution in [0.5, 0.6) is 0 Å². The lowest BCUT2D eigenvalue weighted by molar-refractivity contribution is -0.385. The predicted octanol–water partition coefficient (Wildman–Crippen LogP) is 2.98. The smallest absolute Gasteiger partial charge is 0.305 e. The molecule has 0 aromatic heterocycles. The van der Waals surface area contributed by atoms with Crippen molar-refractivity contribution in [2.24, 2.45) is 0 Å². The molecule has 1 aliphatic carbocycles. The average molecular weight is 300 g/mol. The molecule has 1 saturated carbocycles. The lowest BCUT2D eigenvalue weighted by atomic mass is 10.1. The molecule has 1 N–H and O–H groups in total. The number of hydrogen-bond donors (Lipinski definition) is 1. The molecule has 0 aliphatic heterocycles. The van der Waals surface area contributed by atoms with E-state index in [4.69, 9.17) is 5.11 Å². The van der Waals surface area contributed by atoms with E-state index in [0.717, 1.165) is 25.0 Å². The third-order valence-corrected chi connectivity index (χ3v) is 3.32. The van der Waals surface area contributed by atoms with Gasteiger partial charge in [0.05, 0.1) is 11.3 Å². The predicted molar refractivity (Wildman–Crippen MR) is 70.7 cm³/mol. The van der Waals surface area contributed by atoms with Crippen molar-refractivity contribution in [1.82, 2.24) is 0 Å². The maximum absolute atomic E-state index is 13.1. The Morgan fingerprint density at radius 1 is 1.48 bits per heavy atom. The Morgan fingerprint density at radius 3 is 2.62 bits per heavy atom. The van der Waals surface area contributed by atoms with Gasteiger partial charge in [-0.15, -0.1) is 0 Å². The monoisotopic (exact) mass is 300 g/mol. The fraction of sp³-hybridized carbons (Fsp3) is 0.462. The number of anilines is 1. The summed E-state index contributed by atoms with van der Waals surface area (Å²) in [5, 5.41) is 19.4. The lowest BCUT2D eigenvalue weighted by Gasteiger charge is -2.26. The summed E-state index contributed by atoms with van der Waals surface area (Å²) in [6.45, 7) is 0.109. The topological polar surface area (TPSA) is 83.7 Å². The highest BCUT2D eigenvalue weighted by Crippen LogP contribution is 2.38. The van der Waals surface area contributed by atoms with Crippen LogP contribution in [0.1, 0.15) is 31.3 Å². The summed E-state index contributed by atoms with van der Waals surface area (Å²) in [5.41, 5.74) is -0.649. The molecule has 1 fully saturated rings. The van der Waals surface area contributed by atoms with Crippen LogP contribution in [-0.2, 0) is 4.79 Å². The van der Waals surface area contributed by atoms with Crippen LogP contribution in [0.15, 0.2) is 18.2 Å². The maximum atomic E-state index is 13.1. The van der Waals surface area contributed by atoms with Gasteiger partial charge in [0.25, 0.3) is 12.1 Å². The van der Waals surface area contributed by atoms with Gasteiger partial charge >= 0.3 is 5.97 Å². The molecule has 21 heavy (non-hydrogen) atoms. The molecule has 1 aromatic carbocycles. The number of halogens is 2. The fourth-order valence-electron chi connectivity index (χ4n) is 2.19. The quantitative estimate of drug-likeness (QED) is 0.618. The van der Waals surface area contributed by atoms with Gasteiger partial charge in [-0.05, 0) is 18.9 Å². The van der Waals surface area contributed by atoms with E-state index in [-0.39, 0.29) is 24.7 Å². The SMILES string of the molecule is O=C(O)CCN(c1ccc([N+](=O)[O-])cc1C(F)F)C1CC1. The number of alkyl halides is 2. The number of hydrogen-bond acceptors (Lipinski definition) is 4. The molecule has 0 radical (unpaired) electrons. The van der Waals surface area contributed by atoms with Crippen molar-refractivity contribution in [1.29, 1.82) is 0 Å². The second-order valence-electron chi connectivity index (χ2n) is 4.87. The molecule has 0 atom stereocenters. The fourth-order valence-corrected chi connectivity index (χ4v) is 2.19. The third kappa shape index (κ3) is 3.65. The van der Waals surface area contributed by atoms with E-state index in [1.54, 1.807) is 4.90 Å². The molecular formula is C13H14F2N2O4. The number of nitro benzene ring substituents is 1. The minimum Gasteiger partial charge on any atom is -0.481 e. The van der Waals surface area contributed by atoms with Crippen molar-refractivity contribution < 1.29 is 23.6 Å². The van der Waals surface area contributed by atoms with Crippen LogP contribution >= 0.6 is 0 Å². The first-order valence-corrected chi connectivity index (χ1v) is 6.45. The number of carboxylic acids is 1. The van der Waals surface area contributed by atoms with Crippen molar-refractivity contribution in [3.8, 4) is 0 Å². The number of benzene rings is 1. The van der Waals surface area contributed by atoms with Crippen LogP contribution in [0.3, 0.4) is 0 Å². The van der Waals surface area contributed by atoms with E-state index in [1.807, 2.05) is 0 Å². The van der Waals surface area contributed by atoms with Gasteiger partial charge in [0.1, 0.15) is 0 Å². The Labute approximate surface area is 119 Å². The van der Waals surface area contributed by atoms with Crippen LogP contribution in [0, 0.1) is 10.1 Å². The average Bonchev–Trinajstić information content (AvgIpc) is 3.23. The molecule has 0 heterocycles. The van der Waals surface area contributed by atoms with Gasteiger partial charge in [-0.1, -0.05) is 0 Å². The van der Waals surface area contributed by atoms with E-state index < -0.39 is 28.6 Å². The van der Waals surface area contributed by atoms with Gasteiger partial charge in [0.2, 0.25) is 0 Å². The summed E-state index contributed by atoms with van der Waals surface area (Å²) < 4.78 is 26.3. The highest BCUT2D eigenvalue weighted by molar-refractivity contribution is 5.68. The zero-order valence-corrected chi connectivity index (χ0v) is 11.0. The number of carboxylic acid groups (broad SMARTS) is 1. The molecule has 2 rings (SSSR count). The summed E-state index contributed by atoms with van der Waals surface area (Å²) >= 11 is 0. The first-order valence-electron chi connectivity index (χ1n) is 6.45. The molecule has 1 aromatic rings.